The van der Waals surface area contributed by atoms with Crippen LogP contribution < -0.4 is 0 Å². The smallest absolute Gasteiger partial charge is 0.382 e. The lowest BCUT2D eigenvalue weighted by Gasteiger charge is -1.95. The van der Waals surface area contributed by atoms with E-state index in [4.69, 9.17) is 0 Å². The topological polar surface area (TPSA) is 26.3 Å². The Morgan fingerprint density at radius 3 is 2.55 bits per heavy atom. The fourth-order valence-electron chi connectivity index (χ4n) is 0.777. The molecule has 0 amide bonds. The largest absolute Gasteiger partial charge is 0.434 e. The van der Waals surface area contributed by atoms with Gasteiger partial charge in [-0.2, -0.15) is 0 Å². The molecule has 0 bridgehead atoms. The zero-order valence-electron chi connectivity index (χ0n) is 6.28. The van der Waals surface area contributed by atoms with E-state index < -0.39 is 0 Å². The number of carbonyl (C=O) groups is 1. The van der Waals surface area contributed by atoms with Crippen molar-refractivity contribution in [3.63, 3.8) is 0 Å². The summed E-state index contributed by atoms with van der Waals surface area (Å²) in [5, 5.41) is 0. The Balaban J connectivity index is 2.69. The molecule has 1 rings (SSSR count). The Morgan fingerprint density at radius 2 is 2.00 bits per heavy atom. The maximum atomic E-state index is 11.1. The molecule has 1 radical (unpaired) electrons. The minimum absolute atomic E-state index is 0.104. The monoisotopic (exact) mass is 147 g/mol. The van der Waals surface area contributed by atoms with Gasteiger partial charge in [-0.1, -0.05) is 30.3 Å². The molecule has 11 heavy (non-hydrogen) atoms. The standard InChI is InChI=1S/C8H8BO2/c1-11-9-8(10)7-5-3-2-4-6-7/h2-6H,1H3. The normalized spacial score (nSPS) is 9.18. The molecule has 1 aromatic carbocycles. The van der Waals surface area contributed by atoms with E-state index in [1.54, 1.807) is 12.1 Å². The second-order valence-electron chi connectivity index (χ2n) is 2.08. The molecule has 0 aliphatic heterocycles. The third-order valence-corrected chi connectivity index (χ3v) is 1.28. The van der Waals surface area contributed by atoms with E-state index in [2.05, 4.69) is 4.65 Å². The summed E-state index contributed by atoms with van der Waals surface area (Å²) in [7, 11) is 2.65. The summed E-state index contributed by atoms with van der Waals surface area (Å²) in [6.07, 6.45) is 0. The number of benzene rings is 1. The first-order chi connectivity index (χ1) is 5.34. The van der Waals surface area contributed by atoms with E-state index in [1.165, 1.54) is 14.6 Å². The molecule has 0 aliphatic carbocycles. The van der Waals surface area contributed by atoms with E-state index >= 15 is 0 Å². The first kappa shape index (κ1) is 8.02. The van der Waals surface area contributed by atoms with Gasteiger partial charge < -0.3 is 9.45 Å². The summed E-state index contributed by atoms with van der Waals surface area (Å²) >= 11 is 0. The molecule has 0 fully saturated rings. The predicted octanol–water partition coefficient (Wildman–Crippen LogP) is 1.09. The van der Waals surface area contributed by atoms with Crippen LogP contribution in [0.1, 0.15) is 10.4 Å². The predicted molar refractivity (Wildman–Crippen MR) is 43.5 cm³/mol. The molecule has 0 N–H and O–H groups in total. The first-order valence-corrected chi connectivity index (χ1v) is 3.30. The second kappa shape index (κ2) is 3.93. The van der Waals surface area contributed by atoms with Crippen molar-refractivity contribution >= 4 is 13.2 Å². The van der Waals surface area contributed by atoms with Crippen molar-refractivity contribution in [3.8, 4) is 0 Å². The average molecular weight is 147 g/mol. The zero-order chi connectivity index (χ0) is 8.10. The Morgan fingerprint density at radius 1 is 1.36 bits per heavy atom. The van der Waals surface area contributed by atoms with E-state index in [1.807, 2.05) is 18.2 Å². The highest BCUT2D eigenvalue weighted by atomic mass is 16.4. The molecule has 0 spiro atoms. The van der Waals surface area contributed by atoms with Crippen molar-refractivity contribution in [2.45, 2.75) is 0 Å². The van der Waals surface area contributed by atoms with E-state index in [-0.39, 0.29) is 5.68 Å². The Hall–Kier alpha value is -1.09. The highest BCUT2D eigenvalue weighted by Crippen LogP contribution is 1.98. The molecule has 3 heteroatoms. The molecule has 0 aromatic heterocycles. The summed E-state index contributed by atoms with van der Waals surface area (Å²) in [5.41, 5.74) is 0.544. The van der Waals surface area contributed by atoms with Crippen LogP contribution >= 0.6 is 0 Å². The molecule has 0 aliphatic rings. The minimum atomic E-state index is -0.104. The molecule has 0 saturated heterocycles. The van der Waals surface area contributed by atoms with Crippen LogP contribution in [0.25, 0.3) is 0 Å². The van der Waals surface area contributed by atoms with E-state index in [9.17, 15) is 4.79 Å². The zero-order valence-corrected chi connectivity index (χ0v) is 6.28. The van der Waals surface area contributed by atoms with Crippen molar-refractivity contribution in [1.82, 2.24) is 0 Å². The second-order valence-corrected chi connectivity index (χ2v) is 2.08. The van der Waals surface area contributed by atoms with Gasteiger partial charge in [-0.05, 0) is 0 Å². The molecule has 0 unspecified atom stereocenters. The molecule has 0 heterocycles. The highest BCUT2D eigenvalue weighted by Gasteiger charge is 2.05. The van der Waals surface area contributed by atoms with Crippen molar-refractivity contribution in [1.29, 1.82) is 0 Å². The van der Waals surface area contributed by atoms with Gasteiger partial charge in [-0.3, -0.25) is 0 Å². The fraction of sp³-hybridized carbons (Fsp3) is 0.125. The van der Waals surface area contributed by atoms with Crippen molar-refractivity contribution in [3.05, 3.63) is 35.9 Å². The Labute approximate surface area is 66.5 Å². The molecule has 0 saturated carbocycles. The Bertz CT molecular complexity index is 233. The molecular formula is C8H8BO2. The maximum absolute atomic E-state index is 11.1. The third-order valence-electron chi connectivity index (χ3n) is 1.28. The van der Waals surface area contributed by atoms with Crippen LogP contribution in [0.15, 0.2) is 30.3 Å². The van der Waals surface area contributed by atoms with Gasteiger partial charge in [-0.25, -0.2) is 0 Å². The van der Waals surface area contributed by atoms with Crippen molar-refractivity contribution in [2.75, 3.05) is 7.11 Å². The van der Waals surface area contributed by atoms with Gasteiger partial charge in [0.05, 0.1) is 0 Å². The lowest BCUT2D eigenvalue weighted by Crippen LogP contribution is -2.10. The van der Waals surface area contributed by atoms with Crippen LogP contribution in [0, 0.1) is 0 Å². The van der Waals surface area contributed by atoms with Gasteiger partial charge in [0.15, 0.2) is 5.68 Å². The number of carbonyl (C=O) groups excluding carboxylic acids is 1. The summed E-state index contributed by atoms with van der Waals surface area (Å²) in [6, 6.07) is 8.99. The van der Waals surface area contributed by atoms with Crippen LogP contribution in [0.2, 0.25) is 0 Å². The van der Waals surface area contributed by atoms with Crippen LogP contribution in [0.3, 0.4) is 0 Å². The number of hydrogen-bond donors (Lipinski definition) is 0. The van der Waals surface area contributed by atoms with Gasteiger partial charge in [0.1, 0.15) is 0 Å². The third kappa shape index (κ3) is 2.20. The summed E-state index contributed by atoms with van der Waals surface area (Å²) in [5.74, 6) is 0. The molecule has 1 aromatic rings. The SMILES string of the molecule is CO[B]C(=O)c1ccccc1. The molecule has 55 valence electrons. The lowest BCUT2D eigenvalue weighted by molar-refractivity contribution is 0.106. The quantitative estimate of drug-likeness (QED) is 0.598. The number of hydrogen-bond acceptors (Lipinski definition) is 2. The van der Waals surface area contributed by atoms with Crippen molar-refractivity contribution in [2.24, 2.45) is 0 Å². The number of rotatable bonds is 3. The maximum Gasteiger partial charge on any atom is 0.382 e. The van der Waals surface area contributed by atoms with Crippen LogP contribution in [-0.4, -0.2) is 20.3 Å². The van der Waals surface area contributed by atoms with E-state index in [0.717, 1.165) is 0 Å². The van der Waals surface area contributed by atoms with Crippen LogP contribution in [0.4, 0.5) is 0 Å². The highest BCUT2D eigenvalue weighted by molar-refractivity contribution is 6.72. The molecular weight excluding hydrogens is 139 g/mol. The summed E-state index contributed by atoms with van der Waals surface area (Å²) in [6.45, 7) is 0. The van der Waals surface area contributed by atoms with Crippen LogP contribution in [0.5, 0.6) is 0 Å². The lowest BCUT2D eigenvalue weighted by atomic mass is 9.88. The molecule has 2 nitrogen and oxygen atoms in total. The van der Waals surface area contributed by atoms with Gasteiger partial charge in [0.2, 0.25) is 0 Å². The van der Waals surface area contributed by atoms with Gasteiger partial charge in [-0.15, -0.1) is 0 Å². The van der Waals surface area contributed by atoms with Crippen LogP contribution in [-0.2, 0) is 4.65 Å². The van der Waals surface area contributed by atoms with E-state index in [0.29, 0.717) is 5.56 Å². The van der Waals surface area contributed by atoms with Gasteiger partial charge >= 0.3 is 7.48 Å². The minimum Gasteiger partial charge on any atom is -0.434 e. The van der Waals surface area contributed by atoms with Gasteiger partial charge in [0, 0.05) is 12.7 Å². The molecule has 0 atom stereocenters. The first-order valence-electron chi connectivity index (χ1n) is 3.30. The average Bonchev–Trinajstić information content (AvgIpc) is 2.07. The van der Waals surface area contributed by atoms with Gasteiger partial charge in [0.25, 0.3) is 0 Å². The summed E-state index contributed by atoms with van der Waals surface area (Å²) < 4.78 is 4.58. The fourth-order valence-corrected chi connectivity index (χ4v) is 0.777. The summed E-state index contributed by atoms with van der Waals surface area (Å²) in [4.78, 5) is 11.1. The van der Waals surface area contributed by atoms with Crippen molar-refractivity contribution < 1.29 is 9.45 Å². The Kier molecular flexibility index (Phi) is 2.87.